The smallest absolute Gasteiger partial charge is 0.221 e. The van der Waals surface area contributed by atoms with E-state index in [0.717, 1.165) is 26.7 Å². The summed E-state index contributed by atoms with van der Waals surface area (Å²) in [6.07, 6.45) is -0.0801. The van der Waals surface area contributed by atoms with E-state index in [1.807, 2.05) is 52.0 Å². The number of rotatable bonds is 7. The molecule has 7 heteroatoms. The largest absolute Gasteiger partial charge is 0.349 e. The van der Waals surface area contributed by atoms with Gasteiger partial charge in [-0.05, 0) is 39.8 Å². The van der Waals surface area contributed by atoms with Crippen LogP contribution >= 0.6 is 11.3 Å². The second-order valence-corrected chi connectivity index (χ2v) is 10.6. The molecule has 0 fully saturated rings. The first kappa shape index (κ1) is 22.2. The molecule has 0 radical (unpaired) electrons. The minimum Gasteiger partial charge on any atom is -0.349 e. The van der Waals surface area contributed by atoms with E-state index in [1.54, 1.807) is 35.6 Å². The first-order valence-electron chi connectivity index (χ1n) is 9.79. The molecular weight excluding hydrogens is 416 g/mol. The van der Waals surface area contributed by atoms with Crippen LogP contribution in [-0.2, 0) is 14.6 Å². The van der Waals surface area contributed by atoms with Gasteiger partial charge in [-0.2, -0.15) is 0 Å². The highest BCUT2D eigenvalue weighted by atomic mass is 32.2. The SMILES string of the molecule is Cc1ccc(-c2nc(C)c(C(C)NC(=O)CCS(=O)(=O)c3ccc(C)cc3)s2)cc1. The minimum atomic E-state index is -3.49. The van der Waals surface area contributed by atoms with Crippen LogP contribution in [-0.4, -0.2) is 25.1 Å². The van der Waals surface area contributed by atoms with Gasteiger partial charge in [0.2, 0.25) is 5.91 Å². The van der Waals surface area contributed by atoms with E-state index in [4.69, 9.17) is 0 Å². The van der Waals surface area contributed by atoms with Gasteiger partial charge in [0.1, 0.15) is 5.01 Å². The molecule has 0 saturated heterocycles. The molecular formula is C23H26N2O3S2. The van der Waals surface area contributed by atoms with Gasteiger partial charge in [0.05, 0.1) is 27.3 Å². The molecule has 1 amide bonds. The Labute approximate surface area is 182 Å². The van der Waals surface area contributed by atoms with E-state index in [0.29, 0.717) is 0 Å². The number of nitrogens with zero attached hydrogens (tertiary/aromatic N) is 1. The lowest BCUT2D eigenvalue weighted by Gasteiger charge is -2.13. The lowest BCUT2D eigenvalue weighted by molar-refractivity contribution is -0.121. The summed E-state index contributed by atoms with van der Waals surface area (Å²) in [6, 6.07) is 14.6. The second kappa shape index (κ2) is 9.10. The summed E-state index contributed by atoms with van der Waals surface area (Å²) in [5.74, 6) is -0.506. The molecule has 3 aromatic rings. The Kier molecular flexibility index (Phi) is 6.73. The van der Waals surface area contributed by atoms with E-state index < -0.39 is 9.84 Å². The predicted molar refractivity (Wildman–Crippen MR) is 121 cm³/mol. The molecule has 1 unspecified atom stereocenters. The van der Waals surface area contributed by atoms with Crippen molar-refractivity contribution in [3.8, 4) is 10.6 Å². The summed E-state index contributed by atoms with van der Waals surface area (Å²) >= 11 is 1.55. The third-order valence-electron chi connectivity index (χ3n) is 4.88. The fraction of sp³-hybridized carbons (Fsp3) is 0.304. The number of hydrogen-bond donors (Lipinski definition) is 1. The molecule has 158 valence electrons. The van der Waals surface area contributed by atoms with Crippen LogP contribution in [0.5, 0.6) is 0 Å². The molecule has 0 bridgehead atoms. The maximum atomic E-state index is 12.5. The first-order chi connectivity index (χ1) is 14.2. The molecule has 5 nitrogen and oxygen atoms in total. The van der Waals surface area contributed by atoms with Crippen molar-refractivity contribution in [3.63, 3.8) is 0 Å². The van der Waals surface area contributed by atoms with Gasteiger partial charge in [0.15, 0.2) is 9.84 Å². The third kappa shape index (κ3) is 5.34. The topological polar surface area (TPSA) is 76.1 Å². The van der Waals surface area contributed by atoms with Crippen molar-refractivity contribution in [2.24, 2.45) is 0 Å². The van der Waals surface area contributed by atoms with Crippen molar-refractivity contribution in [2.75, 3.05) is 5.75 Å². The molecule has 3 rings (SSSR count). The number of sulfone groups is 1. The quantitative estimate of drug-likeness (QED) is 0.571. The number of thiazole rings is 1. The van der Waals surface area contributed by atoms with Gasteiger partial charge < -0.3 is 5.32 Å². The molecule has 30 heavy (non-hydrogen) atoms. The maximum absolute atomic E-state index is 12.5. The molecule has 0 aliphatic carbocycles. The number of carbonyl (C=O) groups is 1. The maximum Gasteiger partial charge on any atom is 0.221 e. The fourth-order valence-corrected chi connectivity index (χ4v) is 5.41. The van der Waals surface area contributed by atoms with Gasteiger partial charge in [-0.1, -0.05) is 47.5 Å². The Morgan fingerprint density at radius 2 is 1.57 bits per heavy atom. The minimum absolute atomic E-state index is 0.0801. The highest BCUT2D eigenvalue weighted by Gasteiger charge is 2.20. The number of amides is 1. The summed E-state index contributed by atoms with van der Waals surface area (Å²) in [5.41, 5.74) is 4.09. The van der Waals surface area contributed by atoms with Crippen LogP contribution in [0.2, 0.25) is 0 Å². The summed E-state index contributed by atoms with van der Waals surface area (Å²) in [4.78, 5) is 18.3. The van der Waals surface area contributed by atoms with Crippen molar-refractivity contribution < 1.29 is 13.2 Å². The van der Waals surface area contributed by atoms with E-state index >= 15 is 0 Å². The molecule has 0 saturated carbocycles. The molecule has 1 heterocycles. The van der Waals surface area contributed by atoms with Gasteiger partial charge in [-0.3, -0.25) is 4.79 Å². The summed E-state index contributed by atoms with van der Waals surface area (Å²) in [6.45, 7) is 7.76. The Balaban J connectivity index is 1.63. The Bertz CT molecular complexity index is 1130. The Morgan fingerprint density at radius 3 is 2.17 bits per heavy atom. The Hall–Kier alpha value is -2.51. The number of benzene rings is 2. The van der Waals surface area contributed by atoms with Crippen molar-refractivity contribution in [2.45, 2.75) is 45.1 Å². The number of nitrogens with one attached hydrogen (secondary N) is 1. The molecule has 0 aliphatic heterocycles. The predicted octanol–water partition coefficient (Wildman–Crippen LogP) is 4.78. The Morgan fingerprint density at radius 1 is 1.00 bits per heavy atom. The van der Waals surface area contributed by atoms with E-state index in [1.165, 1.54) is 5.56 Å². The van der Waals surface area contributed by atoms with Crippen molar-refractivity contribution >= 4 is 27.1 Å². The van der Waals surface area contributed by atoms with Crippen molar-refractivity contribution in [1.29, 1.82) is 0 Å². The normalized spacial score (nSPS) is 12.5. The van der Waals surface area contributed by atoms with Crippen LogP contribution < -0.4 is 5.32 Å². The lowest BCUT2D eigenvalue weighted by Crippen LogP contribution is -2.28. The van der Waals surface area contributed by atoms with Gasteiger partial charge in [0, 0.05) is 12.0 Å². The van der Waals surface area contributed by atoms with Crippen LogP contribution in [0.1, 0.15) is 41.1 Å². The van der Waals surface area contributed by atoms with Crippen LogP contribution in [0.25, 0.3) is 10.6 Å². The van der Waals surface area contributed by atoms with E-state index in [2.05, 4.69) is 10.3 Å². The van der Waals surface area contributed by atoms with Crippen LogP contribution in [0.4, 0.5) is 0 Å². The van der Waals surface area contributed by atoms with Gasteiger partial charge in [-0.15, -0.1) is 11.3 Å². The van der Waals surface area contributed by atoms with Gasteiger partial charge in [-0.25, -0.2) is 13.4 Å². The van der Waals surface area contributed by atoms with E-state index in [9.17, 15) is 13.2 Å². The lowest BCUT2D eigenvalue weighted by atomic mass is 10.2. The standard InChI is InChI=1S/C23H26N2O3S2/c1-15-5-9-19(10-6-15)23-25-18(4)22(29-23)17(3)24-21(26)13-14-30(27,28)20-11-7-16(2)8-12-20/h5-12,17H,13-14H2,1-4H3,(H,24,26). The van der Waals surface area contributed by atoms with Gasteiger partial charge in [0.25, 0.3) is 0 Å². The molecule has 2 aromatic carbocycles. The van der Waals surface area contributed by atoms with Crippen LogP contribution in [0.3, 0.4) is 0 Å². The number of aromatic nitrogens is 1. The first-order valence-corrected chi connectivity index (χ1v) is 12.3. The van der Waals surface area contributed by atoms with Crippen molar-refractivity contribution in [1.82, 2.24) is 10.3 Å². The highest BCUT2D eigenvalue weighted by Crippen LogP contribution is 2.32. The number of carbonyl (C=O) groups excluding carboxylic acids is 1. The third-order valence-corrected chi connectivity index (χ3v) is 8.00. The van der Waals surface area contributed by atoms with E-state index in [-0.39, 0.29) is 29.0 Å². The monoisotopic (exact) mass is 442 g/mol. The van der Waals surface area contributed by atoms with Crippen molar-refractivity contribution in [3.05, 3.63) is 70.2 Å². The van der Waals surface area contributed by atoms with Gasteiger partial charge >= 0.3 is 0 Å². The molecule has 0 spiro atoms. The summed E-state index contributed by atoms with van der Waals surface area (Å²) < 4.78 is 24.9. The number of aryl methyl sites for hydroxylation is 3. The average Bonchev–Trinajstić information content (AvgIpc) is 3.09. The van der Waals surface area contributed by atoms with Crippen LogP contribution in [0, 0.1) is 20.8 Å². The zero-order chi connectivity index (χ0) is 21.9. The number of hydrogen-bond acceptors (Lipinski definition) is 5. The summed E-state index contributed by atoms with van der Waals surface area (Å²) in [5, 5.41) is 3.82. The highest BCUT2D eigenvalue weighted by molar-refractivity contribution is 7.91. The zero-order valence-electron chi connectivity index (χ0n) is 17.6. The molecule has 1 atom stereocenters. The summed E-state index contributed by atoms with van der Waals surface area (Å²) in [7, 11) is -3.49. The molecule has 1 N–H and O–H groups in total. The molecule has 1 aromatic heterocycles. The zero-order valence-corrected chi connectivity index (χ0v) is 19.2. The molecule has 0 aliphatic rings. The second-order valence-electron chi connectivity index (χ2n) is 7.51. The van der Waals surface area contributed by atoms with Crippen LogP contribution in [0.15, 0.2) is 53.4 Å². The fourth-order valence-electron chi connectivity index (χ4n) is 3.10. The average molecular weight is 443 g/mol.